The van der Waals surface area contributed by atoms with Crippen molar-refractivity contribution in [2.24, 2.45) is 14.1 Å². The largest absolute Gasteiger partial charge is 0.618 e. The van der Waals surface area contributed by atoms with Crippen molar-refractivity contribution in [1.82, 2.24) is 9.13 Å². The van der Waals surface area contributed by atoms with Gasteiger partial charge in [0, 0.05) is 26.2 Å². The first-order chi connectivity index (χ1) is 12.2. The zero-order chi connectivity index (χ0) is 19.4. The smallest absolute Gasteiger partial charge is 0.332 e. The first-order valence-electron chi connectivity index (χ1n) is 7.29. The van der Waals surface area contributed by atoms with Crippen LogP contribution in [0.3, 0.4) is 0 Å². The number of anilines is 1. The number of hydrogen-bond donors (Lipinski definition) is 1. The van der Waals surface area contributed by atoms with E-state index in [9.17, 15) is 24.4 Å². The second-order valence-electron chi connectivity index (χ2n) is 5.20. The lowest BCUT2D eigenvalue weighted by atomic mass is 10.2. The van der Waals surface area contributed by atoms with Crippen molar-refractivity contribution in [3.63, 3.8) is 0 Å². The molecule has 0 radical (unpaired) electrons. The van der Waals surface area contributed by atoms with Crippen LogP contribution in [0.25, 0.3) is 0 Å². The Morgan fingerprint density at radius 2 is 1.96 bits per heavy atom. The van der Waals surface area contributed by atoms with Crippen molar-refractivity contribution in [3.05, 3.63) is 56.0 Å². The first-order valence-corrected chi connectivity index (χ1v) is 8.28. The van der Waals surface area contributed by atoms with E-state index in [1.54, 1.807) is 12.1 Å². The second kappa shape index (κ2) is 7.87. The molecule has 2 rings (SSSR count). The molecule has 138 valence electrons. The van der Waals surface area contributed by atoms with E-state index in [1.165, 1.54) is 26.4 Å². The Labute approximate surface area is 151 Å². The Bertz CT molecular complexity index is 981. The number of Topliss-reactive ketones (excluding diaryl/α,β-unsaturated/α-hetero) is 1. The van der Waals surface area contributed by atoms with Crippen LogP contribution in [0.2, 0.25) is 0 Å². The van der Waals surface area contributed by atoms with E-state index in [0.29, 0.717) is 9.76 Å². The van der Waals surface area contributed by atoms with E-state index in [-0.39, 0.29) is 11.6 Å². The van der Waals surface area contributed by atoms with Crippen LogP contribution in [-0.2, 0) is 23.6 Å². The van der Waals surface area contributed by atoms with Gasteiger partial charge in [-0.2, -0.15) is 4.73 Å². The van der Waals surface area contributed by atoms with Crippen LogP contribution in [0.4, 0.5) is 5.82 Å². The maximum Gasteiger partial charge on any atom is 0.332 e. The lowest BCUT2D eigenvalue weighted by Crippen LogP contribution is -2.42. The highest BCUT2D eigenvalue weighted by molar-refractivity contribution is 7.99. The molecule has 2 aromatic rings. The van der Waals surface area contributed by atoms with Crippen LogP contribution < -0.4 is 21.7 Å². The summed E-state index contributed by atoms with van der Waals surface area (Å²) in [6, 6.07) is 4.72. The molecule has 2 aromatic heterocycles. The lowest BCUT2D eigenvalue weighted by molar-refractivity contribution is -0.645. The van der Waals surface area contributed by atoms with Gasteiger partial charge < -0.3 is 15.7 Å². The molecule has 2 N–H and O–H groups in total. The Hall–Kier alpha value is -3.08. The summed E-state index contributed by atoms with van der Waals surface area (Å²) in [6.07, 6.45) is 1.29. The molecule has 0 unspecified atom stereocenters. The molecule has 0 saturated carbocycles. The van der Waals surface area contributed by atoms with Crippen molar-refractivity contribution < 1.29 is 19.1 Å². The number of aromatic nitrogens is 3. The van der Waals surface area contributed by atoms with Gasteiger partial charge in [0.1, 0.15) is 17.1 Å². The van der Waals surface area contributed by atoms with Crippen molar-refractivity contribution in [2.45, 2.75) is 5.03 Å². The van der Waals surface area contributed by atoms with E-state index >= 15 is 0 Å². The van der Waals surface area contributed by atoms with Crippen molar-refractivity contribution in [2.75, 3.05) is 18.1 Å². The van der Waals surface area contributed by atoms with Gasteiger partial charge in [0.25, 0.3) is 10.6 Å². The molecule has 0 aliphatic rings. The highest BCUT2D eigenvalue weighted by atomic mass is 32.2. The normalized spacial score (nSPS) is 10.5. The number of nitrogens with two attached hydrogens (primary N) is 1. The van der Waals surface area contributed by atoms with Crippen LogP contribution in [-0.4, -0.2) is 33.2 Å². The average Bonchev–Trinajstić information content (AvgIpc) is 2.62. The maximum absolute atomic E-state index is 12.2. The van der Waals surface area contributed by atoms with Crippen LogP contribution >= 0.6 is 11.8 Å². The van der Waals surface area contributed by atoms with E-state index in [4.69, 9.17) is 10.5 Å². The molecule has 10 nitrogen and oxygen atoms in total. The van der Waals surface area contributed by atoms with Gasteiger partial charge in [-0.15, -0.1) is 0 Å². The zero-order valence-electron chi connectivity index (χ0n) is 14.0. The molecule has 0 bridgehead atoms. The number of thioether (sulfide) groups is 1. The molecule has 0 amide bonds. The number of nitrogens with zero attached hydrogens (tertiary/aromatic N) is 3. The molecule has 2 heterocycles. The van der Waals surface area contributed by atoms with Gasteiger partial charge in [-0.1, -0.05) is 0 Å². The van der Waals surface area contributed by atoms with Gasteiger partial charge in [0.2, 0.25) is 5.78 Å². The van der Waals surface area contributed by atoms with Crippen LogP contribution in [0.15, 0.2) is 39.0 Å². The van der Waals surface area contributed by atoms with Gasteiger partial charge in [-0.3, -0.25) is 23.5 Å². The average molecular weight is 380 g/mol. The molecule has 0 saturated heterocycles. The van der Waals surface area contributed by atoms with E-state index < -0.39 is 35.2 Å². The van der Waals surface area contributed by atoms with Crippen molar-refractivity contribution in [1.29, 1.82) is 0 Å². The third-order valence-electron chi connectivity index (χ3n) is 3.48. The van der Waals surface area contributed by atoms with Crippen LogP contribution in [0, 0.1) is 5.21 Å². The molecular formula is C15H16N4O6S. The molecule has 0 aliphatic carbocycles. The van der Waals surface area contributed by atoms with Crippen molar-refractivity contribution >= 4 is 29.3 Å². The van der Waals surface area contributed by atoms with Gasteiger partial charge in [0.05, 0.1) is 0 Å². The topological polar surface area (TPSA) is 140 Å². The highest BCUT2D eigenvalue weighted by Crippen LogP contribution is 2.12. The SMILES string of the molecule is Cn1c(N)c(C(=O)COC(=O)CSc2cccc[n+]2[O-])c(=O)n(C)c1=O. The van der Waals surface area contributed by atoms with Crippen LogP contribution in [0.1, 0.15) is 10.4 Å². The monoisotopic (exact) mass is 380 g/mol. The number of rotatable bonds is 6. The Balaban J connectivity index is 2.03. The Kier molecular flexibility index (Phi) is 5.82. The number of carbonyl (C=O) groups excluding carboxylic acids is 2. The van der Waals surface area contributed by atoms with Crippen LogP contribution in [0.5, 0.6) is 0 Å². The van der Waals surface area contributed by atoms with Gasteiger partial charge in [-0.25, -0.2) is 4.79 Å². The number of pyridine rings is 1. The summed E-state index contributed by atoms with van der Waals surface area (Å²) in [5, 5.41) is 11.8. The number of esters is 1. The molecule has 0 spiro atoms. The standard InChI is InChI=1S/C15H16N4O6S/c1-17-13(16)12(14(22)18(2)15(17)23)9(20)7-25-11(21)8-26-10-5-3-4-6-19(10)24/h3-6H,7-8,16H2,1-2H3. The highest BCUT2D eigenvalue weighted by Gasteiger charge is 2.21. The molecule has 0 aliphatic heterocycles. The molecule has 11 heteroatoms. The minimum Gasteiger partial charge on any atom is -0.618 e. The zero-order valence-corrected chi connectivity index (χ0v) is 14.8. The Morgan fingerprint density at radius 1 is 1.27 bits per heavy atom. The second-order valence-corrected chi connectivity index (χ2v) is 6.20. The molecule has 0 atom stereocenters. The predicted octanol–water partition coefficient (Wildman–Crippen LogP) is -1.18. The summed E-state index contributed by atoms with van der Waals surface area (Å²) in [6.45, 7) is -0.705. The fourth-order valence-corrected chi connectivity index (χ4v) is 2.75. The number of carbonyl (C=O) groups is 2. The minimum absolute atomic E-state index is 0.194. The molecule has 0 fully saturated rings. The number of ketones is 1. The van der Waals surface area contributed by atoms with Crippen molar-refractivity contribution in [3.8, 4) is 0 Å². The van der Waals surface area contributed by atoms with E-state index in [1.807, 2.05) is 0 Å². The van der Waals surface area contributed by atoms with Gasteiger partial charge in [0.15, 0.2) is 12.8 Å². The fraction of sp³-hybridized carbons (Fsp3) is 0.267. The molecule has 26 heavy (non-hydrogen) atoms. The fourth-order valence-electron chi connectivity index (χ4n) is 2.04. The summed E-state index contributed by atoms with van der Waals surface area (Å²) < 4.78 is 7.12. The summed E-state index contributed by atoms with van der Waals surface area (Å²) in [5.41, 5.74) is 3.70. The summed E-state index contributed by atoms with van der Waals surface area (Å²) in [5.74, 6) is -2.06. The van der Waals surface area contributed by atoms with E-state index in [0.717, 1.165) is 20.9 Å². The molecular weight excluding hydrogens is 364 g/mol. The summed E-state index contributed by atoms with van der Waals surface area (Å²) in [7, 11) is 2.52. The Morgan fingerprint density at radius 3 is 2.62 bits per heavy atom. The lowest BCUT2D eigenvalue weighted by Gasteiger charge is -2.10. The van der Waals surface area contributed by atoms with E-state index in [2.05, 4.69) is 0 Å². The maximum atomic E-state index is 12.2. The van der Waals surface area contributed by atoms with Gasteiger partial charge in [-0.05, 0) is 17.8 Å². The number of ether oxygens (including phenoxy) is 1. The third kappa shape index (κ3) is 3.94. The quantitative estimate of drug-likeness (QED) is 0.217. The first kappa shape index (κ1) is 19.2. The van der Waals surface area contributed by atoms with Gasteiger partial charge >= 0.3 is 11.7 Å². The molecule has 0 aromatic carbocycles. The summed E-state index contributed by atoms with van der Waals surface area (Å²) >= 11 is 0.944. The predicted molar refractivity (Wildman–Crippen MR) is 92.8 cm³/mol. The number of nitrogen functional groups attached to an aromatic ring is 1. The number of hydrogen-bond acceptors (Lipinski definition) is 8. The summed E-state index contributed by atoms with van der Waals surface area (Å²) in [4.78, 5) is 47.7. The third-order valence-corrected chi connectivity index (χ3v) is 4.47. The minimum atomic E-state index is -0.863.